The fourth-order valence-corrected chi connectivity index (χ4v) is 2.59. The lowest BCUT2D eigenvalue weighted by Gasteiger charge is -2.09. The van der Waals surface area contributed by atoms with E-state index in [-0.39, 0.29) is 0 Å². The van der Waals surface area contributed by atoms with Crippen molar-refractivity contribution in [2.75, 3.05) is 6.54 Å². The Morgan fingerprint density at radius 2 is 2.17 bits per heavy atom. The zero-order valence-corrected chi connectivity index (χ0v) is 11.7. The van der Waals surface area contributed by atoms with Gasteiger partial charge in [0.05, 0.1) is 16.1 Å². The van der Waals surface area contributed by atoms with E-state index in [1.54, 1.807) is 0 Å². The molecule has 1 aromatic heterocycles. The molecule has 1 heterocycles. The van der Waals surface area contributed by atoms with Crippen LogP contribution >= 0.6 is 11.6 Å². The zero-order valence-electron chi connectivity index (χ0n) is 11.0. The van der Waals surface area contributed by atoms with Gasteiger partial charge >= 0.3 is 0 Å². The summed E-state index contributed by atoms with van der Waals surface area (Å²) in [6.45, 7) is 3.00. The first-order valence-corrected chi connectivity index (χ1v) is 6.81. The van der Waals surface area contributed by atoms with Crippen LogP contribution in [0.1, 0.15) is 25.6 Å². The minimum atomic E-state index is 0.644. The Bertz CT molecular complexity index is 533. The zero-order chi connectivity index (χ0) is 13.1. The van der Waals surface area contributed by atoms with Crippen LogP contribution in [-0.4, -0.2) is 16.1 Å². The molecule has 18 heavy (non-hydrogen) atoms. The third-order valence-corrected chi connectivity index (χ3v) is 3.76. The molecule has 0 saturated heterocycles. The Hall–Kier alpha value is -1.06. The van der Waals surface area contributed by atoms with E-state index in [0.29, 0.717) is 5.92 Å². The van der Waals surface area contributed by atoms with Gasteiger partial charge in [0, 0.05) is 13.5 Å². The first kappa shape index (κ1) is 13.4. The number of imidazole rings is 1. The number of rotatable bonds is 5. The lowest BCUT2D eigenvalue weighted by molar-refractivity contribution is 0.490. The molecule has 0 aliphatic heterocycles. The SMILES string of the molecule is CC(CCN)CCc1nc2cccc(Cl)c2n1C. The molecule has 0 spiro atoms. The van der Waals surface area contributed by atoms with Crippen molar-refractivity contribution in [2.45, 2.75) is 26.2 Å². The molecular formula is C14H20ClN3. The highest BCUT2D eigenvalue weighted by atomic mass is 35.5. The van der Waals surface area contributed by atoms with Crippen molar-refractivity contribution >= 4 is 22.6 Å². The second-order valence-corrected chi connectivity index (χ2v) is 5.32. The maximum Gasteiger partial charge on any atom is 0.109 e. The summed E-state index contributed by atoms with van der Waals surface area (Å²) in [5, 5.41) is 0.767. The van der Waals surface area contributed by atoms with Crippen molar-refractivity contribution < 1.29 is 0 Å². The van der Waals surface area contributed by atoms with Gasteiger partial charge in [-0.05, 0) is 37.4 Å². The summed E-state index contributed by atoms with van der Waals surface area (Å²) in [5.74, 6) is 1.74. The van der Waals surface area contributed by atoms with Crippen molar-refractivity contribution in [2.24, 2.45) is 18.7 Å². The van der Waals surface area contributed by atoms with Gasteiger partial charge in [0.1, 0.15) is 5.82 Å². The fourth-order valence-electron chi connectivity index (χ4n) is 2.30. The predicted octanol–water partition coefficient (Wildman–Crippen LogP) is 3.14. The molecule has 1 aromatic carbocycles. The molecule has 98 valence electrons. The average molecular weight is 266 g/mol. The Kier molecular flexibility index (Phi) is 4.25. The first-order chi connectivity index (χ1) is 8.63. The van der Waals surface area contributed by atoms with Gasteiger partial charge in [0.25, 0.3) is 0 Å². The molecule has 1 atom stereocenters. The molecule has 2 aromatic rings. The molecule has 0 aliphatic carbocycles. The van der Waals surface area contributed by atoms with Crippen molar-refractivity contribution in [1.29, 1.82) is 0 Å². The average Bonchev–Trinajstić information content (AvgIpc) is 2.65. The van der Waals surface area contributed by atoms with Gasteiger partial charge < -0.3 is 10.3 Å². The molecule has 0 radical (unpaired) electrons. The summed E-state index contributed by atoms with van der Waals surface area (Å²) in [6, 6.07) is 5.86. The van der Waals surface area contributed by atoms with Crippen molar-refractivity contribution in [3.05, 3.63) is 29.0 Å². The van der Waals surface area contributed by atoms with E-state index in [1.165, 1.54) is 0 Å². The monoisotopic (exact) mass is 265 g/mol. The van der Waals surface area contributed by atoms with E-state index < -0.39 is 0 Å². The lowest BCUT2D eigenvalue weighted by atomic mass is 10.0. The topological polar surface area (TPSA) is 43.8 Å². The normalized spacial score (nSPS) is 13.1. The maximum absolute atomic E-state index is 6.21. The summed E-state index contributed by atoms with van der Waals surface area (Å²) in [4.78, 5) is 4.65. The molecule has 0 amide bonds. The number of aromatic nitrogens is 2. The van der Waals surface area contributed by atoms with Crippen LogP contribution in [0.4, 0.5) is 0 Å². The van der Waals surface area contributed by atoms with Gasteiger partial charge in [-0.3, -0.25) is 0 Å². The van der Waals surface area contributed by atoms with Crippen molar-refractivity contribution in [1.82, 2.24) is 9.55 Å². The quantitative estimate of drug-likeness (QED) is 0.903. The van der Waals surface area contributed by atoms with E-state index in [0.717, 1.165) is 47.7 Å². The van der Waals surface area contributed by atoms with Crippen LogP contribution in [0.3, 0.4) is 0 Å². The Morgan fingerprint density at radius 3 is 2.83 bits per heavy atom. The minimum absolute atomic E-state index is 0.644. The number of aryl methyl sites for hydroxylation is 2. The third-order valence-electron chi connectivity index (χ3n) is 3.46. The highest BCUT2D eigenvalue weighted by Crippen LogP contribution is 2.24. The summed E-state index contributed by atoms with van der Waals surface area (Å²) in [5.41, 5.74) is 7.58. The maximum atomic E-state index is 6.21. The van der Waals surface area contributed by atoms with E-state index in [4.69, 9.17) is 17.3 Å². The highest BCUT2D eigenvalue weighted by molar-refractivity contribution is 6.35. The van der Waals surface area contributed by atoms with E-state index in [2.05, 4.69) is 16.5 Å². The minimum Gasteiger partial charge on any atom is -0.330 e. The molecule has 3 nitrogen and oxygen atoms in total. The Morgan fingerprint density at radius 1 is 1.39 bits per heavy atom. The number of para-hydroxylation sites is 1. The van der Waals surface area contributed by atoms with Crippen LogP contribution in [0.5, 0.6) is 0 Å². The Labute approximate surface area is 113 Å². The van der Waals surface area contributed by atoms with Crippen LogP contribution in [0, 0.1) is 5.92 Å². The molecule has 0 bridgehead atoms. The van der Waals surface area contributed by atoms with Crippen LogP contribution in [0.2, 0.25) is 5.02 Å². The first-order valence-electron chi connectivity index (χ1n) is 6.43. The molecule has 2 rings (SSSR count). The lowest BCUT2D eigenvalue weighted by Crippen LogP contribution is -2.08. The number of fused-ring (bicyclic) bond motifs is 1. The predicted molar refractivity (Wildman–Crippen MR) is 76.9 cm³/mol. The van der Waals surface area contributed by atoms with Crippen LogP contribution in [0.25, 0.3) is 11.0 Å². The molecule has 0 fully saturated rings. The second-order valence-electron chi connectivity index (χ2n) is 4.92. The smallest absolute Gasteiger partial charge is 0.109 e. The number of hydrogen-bond donors (Lipinski definition) is 1. The van der Waals surface area contributed by atoms with E-state index >= 15 is 0 Å². The summed E-state index contributed by atoms with van der Waals surface area (Å²) >= 11 is 6.21. The molecular weight excluding hydrogens is 246 g/mol. The van der Waals surface area contributed by atoms with Gasteiger partial charge in [0.15, 0.2) is 0 Å². The molecule has 4 heteroatoms. The highest BCUT2D eigenvalue weighted by Gasteiger charge is 2.11. The number of nitrogens with zero attached hydrogens (tertiary/aromatic N) is 2. The molecule has 1 unspecified atom stereocenters. The number of benzene rings is 1. The van der Waals surface area contributed by atoms with Gasteiger partial charge in [-0.25, -0.2) is 4.98 Å². The summed E-state index contributed by atoms with van der Waals surface area (Å²) in [6.07, 6.45) is 3.17. The van der Waals surface area contributed by atoms with E-state index in [1.807, 2.05) is 25.2 Å². The van der Waals surface area contributed by atoms with Crippen molar-refractivity contribution in [3.8, 4) is 0 Å². The van der Waals surface area contributed by atoms with Gasteiger partial charge in [-0.1, -0.05) is 24.6 Å². The van der Waals surface area contributed by atoms with Crippen LogP contribution in [-0.2, 0) is 13.5 Å². The standard InChI is InChI=1S/C14H20ClN3/c1-10(8-9-16)6-7-13-17-12-5-3-4-11(15)14(12)18(13)2/h3-5,10H,6-9,16H2,1-2H3. The molecule has 2 N–H and O–H groups in total. The number of hydrogen-bond acceptors (Lipinski definition) is 2. The van der Waals surface area contributed by atoms with Gasteiger partial charge in [-0.15, -0.1) is 0 Å². The molecule has 0 saturated carbocycles. The van der Waals surface area contributed by atoms with Crippen molar-refractivity contribution in [3.63, 3.8) is 0 Å². The van der Waals surface area contributed by atoms with Crippen LogP contribution in [0.15, 0.2) is 18.2 Å². The van der Waals surface area contributed by atoms with Gasteiger partial charge in [0.2, 0.25) is 0 Å². The Balaban J connectivity index is 2.19. The summed E-state index contributed by atoms with van der Waals surface area (Å²) in [7, 11) is 2.03. The molecule has 0 aliphatic rings. The van der Waals surface area contributed by atoms with E-state index in [9.17, 15) is 0 Å². The second kappa shape index (κ2) is 5.72. The van der Waals surface area contributed by atoms with Gasteiger partial charge in [-0.2, -0.15) is 0 Å². The summed E-state index contributed by atoms with van der Waals surface area (Å²) < 4.78 is 2.10. The largest absolute Gasteiger partial charge is 0.330 e. The fraction of sp³-hybridized carbons (Fsp3) is 0.500. The third kappa shape index (κ3) is 2.68. The number of halogens is 1. The van der Waals surface area contributed by atoms with Crippen LogP contribution < -0.4 is 5.73 Å². The number of nitrogens with two attached hydrogens (primary N) is 1.